The largest absolute Gasteiger partial charge is 0.494 e. The highest BCUT2D eigenvalue weighted by atomic mass is 16.5. The second kappa shape index (κ2) is 8.87. The van der Waals surface area contributed by atoms with Gasteiger partial charge in [0.25, 0.3) is 5.91 Å². The quantitative estimate of drug-likeness (QED) is 0.768. The molecule has 2 aromatic carbocycles. The van der Waals surface area contributed by atoms with Crippen LogP contribution < -0.4 is 10.1 Å². The van der Waals surface area contributed by atoms with Gasteiger partial charge in [0.15, 0.2) is 0 Å². The SMILES string of the molecule is COC(=O)c1ccc(C(=O)Nc2cccc(OCCC(C)C)c2)cc1. The van der Waals surface area contributed by atoms with Gasteiger partial charge in [-0.1, -0.05) is 19.9 Å². The van der Waals surface area contributed by atoms with E-state index >= 15 is 0 Å². The molecule has 0 aliphatic rings. The molecule has 5 nitrogen and oxygen atoms in total. The second-order valence-electron chi connectivity index (χ2n) is 6.08. The lowest BCUT2D eigenvalue weighted by Gasteiger charge is -2.10. The zero-order chi connectivity index (χ0) is 18.2. The monoisotopic (exact) mass is 341 g/mol. The maximum absolute atomic E-state index is 12.3. The van der Waals surface area contributed by atoms with Crippen molar-refractivity contribution in [1.29, 1.82) is 0 Å². The molecule has 0 fully saturated rings. The van der Waals surface area contributed by atoms with Crippen LogP contribution in [0.3, 0.4) is 0 Å². The fourth-order valence-corrected chi connectivity index (χ4v) is 2.15. The van der Waals surface area contributed by atoms with E-state index < -0.39 is 5.97 Å². The van der Waals surface area contributed by atoms with Gasteiger partial charge in [-0.25, -0.2) is 4.79 Å². The van der Waals surface area contributed by atoms with Crippen LogP contribution in [0.1, 0.15) is 41.0 Å². The number of carbonyl (C=O) groups is 2. The molecule has 0 saturated heterocycles. The average molecular weight is 341 g/mol. The first-order chi connectivity index (χ1) is 12.0. The number of hydrogen-bond donors (Lipinski definition) is 1. The van der Waals surface area contributed by atoms with Crippen molar-refractivity contribution in [3.05, 3.63) is 59.7 Å². The average Bonchev–Trinajstić information content (AvgIpc) is 2.61. The Labute approximate surface area is 148 Å². The molecule has 0 aliphatic carbocycles. The minimum absolute atomic E-state index is 0.254. The highest BCUT2D eigenvalue weighted by molar-refractivity contribution is 6.04. The molecule has 25 heavy (non-hydrogen) atoms. The van der Waals surface area contributed by atoms with Crippen molar-refractivity contribution in [2.75, 3.05) is 19.0 Å². The number of carbonyl (C=O) groups excluding carboxylic acids is 2. The molecule has 0 aromatic heterocycles. The first kappa shape index (κ1) is 18.5. The molecule has 1 amide bonds. The predicted molar refractivity (Wildman–Crippen MR) is 97.1 cm³/mol. The van der Waals surface area contributed by atoms with E-state index in [0.717, 1.165) is 12.2 Å². The Kier molecular flexibility index (Phi) is 6.57. The summed E-state index contributed by atoms with van der Waals surface area (Å²) < 4.78 is 10.3. The van der Waals surface area contributed by atoms with Gasteiger partial charge in [0.2, 0.25) is 0 Å². The van der Waals surface area contributed by atoms with Crippen LogP contribution in [0.25, 0.3) is 0 Å². The van der Waals surface area contributed by atoms with Gasteiger partial charge in [0.05, 0.1) is 19.3 Å². The van der Waals surface area contributed by atoms with E-state index in [1.807, 2.05) is 12.1 Å². The standard InChI is InChI=1S/C20H23NO4/c1-14(2)11-12-25-18-6-4-5-17(13-18)21-19(22)15-7-9-16(10-8-15)20(23)24-3/h4-10,13-14H,11-12H2,1-3H3,(H,21,22). The summed E-state index contributed by atoms with van der Waals surface area (Å²) in [6.45, 7) is 4.93. The Morgan fingerprint density at radius 3 is 2.36 bits per heavy atom. The minimum Gasteiger partial charge on any atom is -0.494 e. The molecule has 5 heteroatoms. The summed E-state index contributed by atoms with van der Waals surface area (Å²) in [5.41, 5.74) is 1.52. The highest BCUT2D eigenvalue weighted by Gasteiger charge is 2.09. The summed E-state index contributed by atoms with van der Waals surface area (Å²) in [7, 11) is 1.32. The van der Waals surface area contributed by atoms with Crippen molar-refractivity contribution in [2.24, 2.45) is 5.92 Å². The normalized spacial score (nSPS) is 10.4. The highest BCUT2D eigenvalue weighted by Crippen LogP contribution is 2.19. The molecule has 0 aliphatic heterocycles. The van der Waals surface area contributed by atoms with Gasteiger partial charge in [-0.15, -0.1) is 0 Å². The molecule has 2 rings (SSSR count). The van der Waals surface area contributed by atoms with Crippen molar-refractivity contribution >= 4 is 17.6 Å². The summed E-state index contributed by atoms with van der Waals surface area (Å²) in [5, 5.41) is 2.83. The molecule has 0 radical (unpaired) electrons. The molecule has 0 heterocycles. The number of benzene rings is 2. The molecule has 0 saturated carbocycles. The summed E-state index contributed by atoms with van der Waals surface area (Å²) >= 11 is 0. The van der Waals surface area contributed by atoms with Crippen molar-refractivity contribution in [3.8, 4) is 5.75 Å². The lowest BCUT2D eigenvalue weighted by atomic mass is 10.1. The molecule has 0 spiro atoms. The molecule has 0 bridgehead atoms. The molecule has 132 valence electrons. The van der Waals surface area contributed by atoms with Crippen LogP contribution in [0.2, 0.25) is 0 Å². The van der Waals surface area contributed by atoms with Gasteiger partial charge in [0.1, 0.15) is 5.75 Å². The molecule has 1 N–H and O–H groups in total. The number of anilines is 1. The maximum atomic E-state index is 12.3. The van der Waals surface area contributed by atoms with Crippen LogP contribution in [0, 0.1) is 5.92 Å². The number of hydrogen-bond acceptors (Lipinski definition) is 4. The van der Waals surface area contributed by atoms with Gasteiger partial charge in [-0.2, -0.15) is 0 Å². The Balaban J connectivity index is 1.99. The summed E-state index contributed by atoms with van der Waals surface area (Å²) in [6.07, 6.45) is 0.975. The number of methoxy groups -OCH3 is 1. The summed E-state index contributed by atoms with van der Waals surface area (Å²) in [6, 6.07) is 13.6. The van der Waals surface area contributed by atoms with Crippen LogP contribution in [0.5, 0.6) is 5.75 Å². The second-order valence-corrected chi connectivity index (χ2v) is 6.08. The Morgan fingerprint density at radius 1 is 1.04 bits per heavy atom. The smallest absolute Gasteiger partial charge is 0.337 e. The van der Waals surface area contributed by atoms with Gasteiger partial charge in [0, 0.05) is 17.3 Å². The van der Waals surface area contributed by atoms with Gasteiger partial charge < -0.3 is 14.8 Å². The lowest BCUT2D eigenvalue weighted by Crippen LogP contribution is -2.12. The number of ether oxygens (including phenoxy) is 2. The van der Waals surface area contributed by atoms with E-state index in [9.17, 15) is 9.59 Å². The van der Waals surface area contributed by atoms with E-state index in [4.69, 9.17) is 4.74 Å². The van der Waals surface area contributed by atoms with Crippen molar-refractivity contribution in [2.45, 2.75) is 20.3 Å². The van der Waals surface area contributed by atoms with Crippen molar-refractivity contribution in [1.82, 2.24) is 0 Å². The first-order valence-corrected chi connectivity index (χ1v) is 8.22. The van der Waals surface area contributed by atoms with Crippen LogP contribution in [0.15, 0.2) is 48.5 Å². The zero-order valence-electron chi connectivity index (χ0n) is 14.7. The van der Waals surface area contributed by atoms with E-state index in [2.05, 4.69) is 23.9 Å². The Morgan fingerprint density at radius 2 is 1.72 bits per heavy atom. The minimum atomic E-state index is -0.432. The fraction of sp³-hybridized carbons (Fsp3) is 0.300. The van der Waals surface area contributed by atoms with E-state index in [-0.39, 0.29) is 5.91 Å². The molecular formula is C20H23NO4. The van der Waals surface area contributed by atoms with Gasteiger partial charge >= 0.3 is 5.97 Å². The summed E-state index contributed by atoms with van der Waals surface area (Å²) in [4.78, 5) is 23.7. The number of esters is 1. The van der Waals surface area contributed by atoms with Crippen LogP contribution in [-0.4, -0.2) is 25.6 Å². The molecule has 0 unspecified atom stereocenters. The van der Waals surface area contributed by atoms with Crippen LogP contribution in [-0.2, 0) is 4.74 Å². The third-order valence-electron chi connectivity index (χ3n) is 3.62. The number of amides is 1. The molecule has 2 aromatic rings. The number of nitrogens with one attached hydrogen (secondary N) is 1. The van der Waals surface area contributed by atoms with Crippen LogP contribution >= 0.6 is 0 Å². The Bertz CT molecular complexity index is 723. The van der Waals surface area contributed by atoms with Gasteiger partial charge in [-0.05, 0) is 48.7 Å². The van der Waals surface area contributed by atoms with E-state index in [1.54, 1.807) is 36.4 Å². The Hall–Kier alpha value is -2.82. The zero-order valence-corrected chi connectivity index (χ0v) is 14.7. The first-order valence-electron chi connectivity index (χ1n) is 8.22. The summed E-state index contributed by atoms with van der Waals surface area (Å²) in [5.74, 6) is 0.615. The number of rotatable bonds is 7. The molecule has 0 atom stereocenters. The van der Waals surface area contributed by atoms with Crippen LogP contribution in [0.4, 0.5) is 5.69 Å². The van der Waals surface area contributed by atoms with Gasteiger partial charge in [-0.3, -0.25) is 4.79 Å². The van der Waals surface area contributed by atoms with Crippen molar-refractivity contribution < 1.29 is 19.1 Å². The third kappa shape index (κ3) is 5.64. The predicted octanol–water partition coefficient (Wildman–Crippen LogP) is 4.15. The topological polar surface area (TPSA) is 64.6 Å². The van der Waals surface area contributed by atoms with E-state index in [0.29, 0.717) is 29.3 Å². The third-order valence-corrected chi connectivity index (χ3v) is 3.62. The van der Waals surface area contributed by atoms with Crippen molar-refractivity contribution in [3.63, 3.8) is 0 Å². The fourth-order valence-electron chi connectivity index (χ4n) is 2.15. The van der Waals surface area contributed by atoms with E-state index in [1.165, 1.54) is 7.11 Å². The lowest BCUT2D eigenvalue weighted by molar-refractivity contribution is 0.0600. The molecular weight excluding hydrogens is 318 g/mol. The maximum Gasteiger partial charge on any atom is 0.337 e.